The van der Waals surface area contributed by atoms with Crippen molar-refractivity contribution < 1.29 is 32.2 Å². The minimum absolute atomic E-state index is 0.0524. The van der Waals surface area contributed by atoms with E-state index in [2.05, 4.69) is 10.3 Å². The molecule has 0 bridgehead atoms. The molecule has 0 saturated carbocycles. The Kier molecular flexibility index (Phi) is 8.10. The van der Waals surface area contributed by atoms with E-state index in [1.807, 2.05) is 5.92 Å². The van der Waals surface area contributed by atoms with Gasteiger partial charge in [0.1, 0.15) is 17.2 Å². The fourth-order valence-corrected chi connectivity index (χ4v) is 4.12. The molecule has 0 atom stereocenters. The van der Waals surface area contributed by atoms with Gasteiger partial charge in [-0.1, -0.05) is 0 Å². The largest absolute Gasteiger partial charge is 0.496 e. The zero-order valence-corrected chi connectivity index (χ0v) is 18.5. The third kappa shape index (κ3) is 6.26. The fourth-order valence-electron chi connectivity index (χ4n) is 2.84. The van der Waals surface area contributed by atoms with Crippen molar-refractivity contribution >= 4 is 21.6 Å². The standard InChI is InChI=1S/C21H24N2O7S/c1-6-20(24)23-21-17(28-3)8-7-14(22-21)13-31(25,26)10-9-16-18(29-4)11-15(27-2)12-19(16)30-5/h1,7-8,11-12H,9-10,13H2,2-5H3,(H,22,23,24). The van der Waals surface area contributed by atoms with Crippen LogP contribution in [0.2, 0.25) is 0 Å². The number of rotatable bonds is 10. The van der Waals surface area contributed by atoms with E-state index >= 15 is 0 Å². The van der Waals surface area contributed by atoms with Crippen LogP contribution in [0, 0.1) is 12.3 Å². The highest BCUT2D eigenvalue weighted by Gasteiger charge is 2.20. The fraction of sp³-hybridized carbons (Fsp3) is 0.333. The van der Waals surface area contributed by atoms with Crippen molar-refractivity contribution in [1.82, 2.24) is 4.98 Å². The minimum Gasteiger partial charge on any atom is -0.496 e. The maximum absolute atomic E-state index is 12.7. The number of terminal acetylenes is 1. The van der Waals surface area contributed by atoms with Crippen LogP contribution < -0.4 is 24.3 Å². The Morgan fingerprint density at radius 2 is 1.65 bits per heavy atom. The Labute approximate surface area is 181 Å². The molecule has 0 unspecified atom stereocenters. The van der Waals surface area contributed by atoms with Gasteiger partial charge in [0.2, 0.25) is 0 Å². The molecule has 2 aromatic rings. The van der Waals surface area contributed by atoms with E-state index < -0.39 is 15.7 Å². The second-order valence-electron chi connectivity index (χ2n) is 6.30. The lowest BCUT2D eigenvalue weighted by atomic mass is 10.1. The summed E-state index contributed by atoms with van der Waals surface area (Å²) in [6, 6.07) is 6.35. The van der Waals surface area contributed by atoms with Crippen LogP contribution in [0.4, 0.5) is 5.82 Å². The maximum atomic E-state index is 12.7. The van der Waals surface area contributed by atoms with Crippen LogP contribution >= 0.6 is 0 Å². The number of hydrogen-bond donors (Lipinski definition) is 1. The van der Waals surface area contributed by atoms with Gasteiger partial charge in [-0.15, -0.1) is 6.42 Å². The van der Waals surface area contributed by atoms with E-state index in [9.17, 15) is 13.2 Å². The Balaban J connectivity index is 2.22. The zero-order chi connectivity index (χ0) is 23.0. The maximum Gasteiger partial charge on any atom is 0.301 e. The Morgan fingerprint density at radius 3 is 2.16 bits per heavy atom. The first-order valence-electron chi connectivity index (χ1n) is 9.07. The average molecular weight is 448 g/mol. The van der Waals surface area contributed by atoms with Crippen molar-refractivity contribution in [3.63, 3.8) is 0 Å². The first-order chi connectivity index (χ1) is 14.8. The third-order valence-corrected chi connectivity index (χ3v) is 5.91. The number of carbonyl (C=O) groups excluding carboxylic acids is 1. The number of ether oxygens (including phenoxy) is 4. The summed E-state index contributed by atoms with van der Waals surface area (Å²) in [4.78, 5) is 15.6. The summed E-state index contributed by atoms with van der Waals surface area (Å²) >= 11 is 0. The third-order valence-electron chi connectivity index (χ3n) is 4.35. The van der Waals surface area contributed by atoms with E-state index in [1.165, 1.54) is 40.6 Å². The first-order valence-corrected chi connectivity index (χ1v) is 10.9. The monoisotopic (exact) mass is 448 g/mol. The number of benzene rings is 1. The van der Waals surface area contributed by atoms with Gasteiger partial charge < -0.3 is 18.9 Å². The molecule has 0 aliphatic heterocycles. The molecule has 166 valence electrons. The van der Waals surface area contributed by atoms with Crippen molar-refractivity contribution in [1.29, 1.82) is 0 Å². The number of anilines is 1. The SMILES string of the molecule is C#CC(=O)Nc1nc(CS(=O)(=O)CCc2c(OC)cc(OC)cc2OC)ccc1OC. The molecule has 0 aliphatic rings. The van der Waals surface area contributed by atoms with Crippen LogP contribution in [-0.2, 0) is 26.8 Å². The molecule has 0 aliphatic carbocycles. The minimum atomic E-state index is -3.57. The summed E-state index contributed by atoms with van der Waals surface area (Å²) in [7, 11) is 2.32. The highest BCUT2D eigenvalue weighted by molar-refractivity contribution is 7.90. The number of pyridine rings is 1. The van der Waals surface area contributed by atoms with Crippen LogP contribution in [0.3, 0.4) is 0 Å². The predicted octanol–water partition coefficient (Wildman–Crippen LogP) is 1.85. The van der Waals surface area contributed by atoms with E-state index in [4.69, 9.17) is 25.4 Å². The highest BCUT2D eigenvalue weighted by Crippen LogP contribution is 2.34. The Hall–Kier alpha value is -3.45. The van der Waals surface area contributed by atoms with Crippen molar-refractivity contribution in [2.75, 3.05) is 39.5 Å². The number of aromatic nitrogens is 1. The lowest BCUT2D eigenvalue weighted by Gasteiger charge is -2.15. The lowest BCUT2D eigenvalue weighted by molar-refractivity contribution is -0.111. The van der Waals surface area contributed by atoms with Crippen molar-refractivity contribution in [3.8, 4) is 35.3 Å². The van der Waals surface area contributed by atoms with Gasteiger partial charge in [0.15, 0.2) is 21.4 Å². The molecule has 1 amide bonds. The molecular formula is C21H24N2O7S. The molecule has 10 heteroatoms. The number of sulfone groups is 1. The topological polar surface area (TPSA) is 113 Å². The average Bonchev–Trinajstić information content (AvgIpc) is 2.76. The van der Waals surface area contributed by atoms with Gasteiger partial charge in [-0.2, -0.15) is 0 Å². The van der Waals surface area contributed by atoms with Gasteiger partial charge in [0, 0.05) is 17.7 Å². The number of methoxy groups -OCH3 is 4. The molecule has 1 aromatic carbocycles. The van der Waals surface area contributed by atoms with E-state index in [0.29, 0.717) is 22.8 Å². The van der Waals surface area contributed by atoms with Gasteiger partial charge >= 0.3 is 5.91 Å². The van der Waals surface area contributed by atoms with Gasteiger partial charge in [-0.25, -0.2) is 13.4 Å². The molecule has 1 heterocycles. The predicted molar refractivity (Wildman–Crippen MR) is 116 cm³/mol. The molecule has 1 N–H and O–H groups in total. The zero-order valence-electron chi connectivity index (χ0n) is 17.7. The lowest BCUT2D eigenvalue weighted by Crippen LogP contribution is -2.15. The summed E-state index contributed by atoms with van der Waals surface area (Å²) in [5, 5.41) is 2.39. The summed E-state index contributed by atoms with van der Waals surface area (Å²) in [5.74, 6) is 2.45. The normalized spacial score (nSPS) is 10.7. The Morgan fingerprint density at radius 1 is 1.03 bits per heavy atom. The van der Waals surface area contributed by atoms with Crippen LogP contribution in [0.25, 0.3) is 0 Å². The molecule has 9 nitrogen and oxygen atoms in total. The molecule has 0 saturated heterocycles. The van der Waals surface area contributed by atoms with Gasteiger partial charge in [0.25, 0.3) is 0 Å². The van der Waals surface area contributed by atoms with Crippen LogP contribution in [0.15, 0.2) is 24.3 Å². The van der Waals surface area contributed by atoms with E-state index in [0.717, 1.165) is 0 Å². The number of hydrogen-bond acceptors (Lipinski definition) is 8. The van der Waals surface area contributed by atoms with Crippen molar-refractivity contribution in [3.05, 3.63) is 35.5 Å². The number of nitrogens with zero attached hydrogens (tertiary/aromatic N) is 1. The van der Waals surface area contributed by atoms with Gasteiger partial charge in [0.05, 0.1) is 45.6 Å². The van der Waals surface area contributed by atoms with Crippen molar-refractivity contribution in [2.24, 2.45) is 0 Å². The second-order valence-corrected chi connectivity index (χ2v) is 8.49. The molecule has 0 spiro atoms. The number of nitrogens with one attached hydrogen (secondary N) is 1. The van der Waals surface area contributed by atoms with Crippen LogP contribution in [-0.4, -0.2) is 53.5 Å². The van der Waals surface area contributed by atoms with Gasteiger partial charge in [-0.05, 0) is 24.5 Å². The van der Waals surface area contributed by atoms with E-state index in [-0.39, 0.29) is 35.2 Å². The number of amides is 1. The molecular weight excluding hydrogens is 424 g/mol. The van der Waals surface area contributed by atoms with E-state index in [1.54, 1.807) is 12.1 Å². The van der Waals surface area contributed by atoms with Crippen LogP contribution in [0.5, 0.6) is 23.0 Å². The Bertz CT molecular complexity index is 1070. The van der Waals surface area contributed by atoms with Crippen LogP contribution in [0.1, 0.15) is 11.3 Å². The van der Waals surface area contributed by atoms with Gasteiger partial charge in [-0.3, -0.25) is 10.1 Å². The summed E-state index contributed by atoms with van der Waals surface area (Å²) in [6.45, 7) is 0. The first kappa shape index (κ1) is 23.8. The number of carbonyl (C=O) groups is 1. The summed E-state index contributed by atoms with van der Waals surface area (Å²) in [5.41, 5.74) is 0.848. The van der Waals surface area contributed by atoms with Crippen molar-refractivity contribution in [2.45, 2.75) is 12.2 Å². The summed E-state index contributed by atoms with van der Waals surface area (Å²) in [6.07, 6.45) is 5.22. The smallest absolute Gasteiger partial charge is 0.301 e. The summed E-state index contributed by atoms with van der Waals surface area (Å²) < 4.78 is 46.5. The molecule has 31 heavy (non-hydrogen) atoms. The highest BCUT2D eigenvalue weighted by atomic mass is 32.2. The molecule has 2 rings (SSSR count). The molecule has 1 aromatic heterocycles. The second kappa shape index (κ2) is 10.5. The molecule has 0 fully saturated rings. The molecule has 0 radical (unpaired) electrons. The quantitative estimate of drug-likeness (QED) is 0.548.